The van der Waals surface area contributed by atoms with Crippen LogP contribution in [0.25, 0.3) is 22.5 Å². The molecule has 2 aromatic heterocycles. The van der Waals surface area contributed by atoms with E-state index in [4.69, 9.17) is 0 Å². The average molecular weight is 688 g/mol. The first-order valence-electron chi connectivity index (χ1n) is 17.6. The van der Waals surface area contributed by atoms with Crippen LogP contribution in [-0.4, -0.2) is 56.9 Å². The van der Waals surface area contributed by atoms with Gasteiger partial charge in [0.15, 0.2) is 5.82 Å². The fourth-order valence-electron chi connectivity index (χ4n) is 7.22. The highest BCUT2D eigenvalue weighted by molar-refractivity contribution is 7.14. The SMILES string of the molecule is CCC1CCC(c2ccc(-c3cnc(-c4ccc(C[C@H](NC(=O)c5ccc(C6(C#N)CC6)s5)C(=O)N5CC(C(=O)O)C5)cc4)nc3)cc2)CC1. The zero-order valence-electron chi connectivity index (χ0n) is 28.2. The Morgan fingerprint density at radius 3 is 2.20 bits per heavy atom. The van der Waals surface area contributed by atoms with E-state index in [2.05, 4.69) is 52.5 Å². The van der Waals surface area contributed by atoms with Crippen molar-refractivity contribution in [2.75, 3.05) is 13.1 Å². The predicted molar refractivity (Wildman–Crippen MR) is 191 cm³/mol. The summed E-state index contributed by atoms with van der Waals surface area (Å²) in [7, 11) is 0. The summed E-state index contributed by atoms with van der Waals surface area (Å²) in [6, 6.07) is 21.4. The van der Waals surface area contributed by atoms with Gasteiger partial charge in [-0.3, -0.25) is 14.4 Å². The van der Waals surface area contributed by atoms with Crippen LogP contribution in [0, 0.1) is 23.2 Å². The summed E-state index contributed by atoms with van der Waals surface area (Å²) in [6.07, 6.45) is 12.0. The summed E-state index contributed by atoms with van der Waals surface area (Å²) in [6.45, 7) is 2.53. The Balaban J connectivity index is 1.01. The Kier molecular flexibility index (Phi) is 9.52. The molecule has 1 aliphatic heterocycles. The van der Waals surface area contributed by atoms with Crippen LogP contribution < -0.4 is 5.32 Å². The van der Waals surface area contributed by atoms with Gasteiger partial charge in [0.2, 0.25) is 5.91 Å². The first-order chi connectivity index (χ1) is 24.2. The number of carboxylic acid groups (broad SMARTS) is 1. The molecule has 4 aromatic rings. The quantitative estimate of drug-likeness (QED) is 0.173. The number of hydrogen-bond acceptors (Lipinski definition) is 7. The Morgan fingerprint density at radius 2 is 1.60 bits per heavy atom. The molecule has 2 aromatic carbocycles. The topological polar surface area (TPSA) is 136 Å². The maximum Gasteiger partial charge on any atom is 0.310 e. The van der Waals surface area contributed by atoms with Gasteiger partial charge in [0.05, 0.1) is 22.3 Å². The molecule has 50 heavy (non-hydrogen) atoms. The molecule has 7 rings (SSSR count). The van der Waals surface area contributed by atoms with E-state index >= 15 is 0 Å². The van der Waals surface area contributed by atoms with Crippen LogP contribution >= 0.6 is 11.3 Å². The first kappa shape index (κ1) is 33.6. The first-order valence-corrected chi connectivity index (χ1v) is 18.4. The van der Waals surface area contributed by atoms with Gasteiger partial charge >= 0.3 is 5.97 Å². The Bertz CT molecular complexity index is 1900. The van der Waals surface area contributed by atoms with Gasteiger partial charge in [0, 0.05) is 47.9 Å². The largest absolute Gasteiger partial charge is 0.481 e. The van der Waals surface area contributed by atoms with Gasteiger partial charge in [-0.05, 0) is 79.2 Å². The van der Waals surface area contributed by atoms with Gasteiger partial charge in [-0.2, -0.15) is 5.26 Å². The number of nitrogens with zero attached hydrogens (tertiary/aromatic N) is 4. The summed E-state index contributed by atoms with van der Waals surface area (Å²) in [5.74, 6) is -0.117. The lowest BCUT2D eigenvalue weighted by atomic mass is 9.78. The minimum absolute atomic E-state index is 0.116. The maximum atomic E-state index is 13.5. The van der Waals surface area contributed by atoms with E-state index in [1.807, 2.05) is 42.7 Å². The highest BCUT2D eigenvalue weighted by Crippen LogP contribution is 2.50. The van der Waals surface area contributed by atoms with Crippen molar-refractivity contribution >= 4 is 29.1 Å². The zero-order valence-corrected chi connectivity index (χ0v) is 29.0. The number of thiophene rings is 1. The predicted octanol–water partition coefficient (Wildman–Crippen LogP) is 7.00. The van der Waals surface area contributed by atoms with Crippen LogP contribution in [0.3, 0.4) is 0 Å². The fraction of sp³-hybridized carbons (Fsp3) is 0.400. The second-order valence-corrected chi connectivity index (χ2v) is 15.2. The molecule has 3 fully saturated rings. The molecular weight excluding hydrogens is 647 g/mol. The van der Waals surface area contributed by atoms with Gasteiger partial charge < -0.3 is 15.3 Å². The third kappa shape index (κ3) is 7.06. The number of benzene rings is 2. The van der Waals surface area contributed by atoms with Crippen molar-refractivity contribution in [3.8, 4) is 28.6 Å². The van der Waals surface area contributed by atoms with E-state index in [-0.39, 0.29) is 31.3 Å². The number of likely N-dealkylation sites (tertiary alicyclic amines) is 1. The number of carbonyl (C=O) groups is 3. The van der Waals surface area contributed by atoms with Crippen molar-refractivity contribution in [3.05, 3.63) is 93.9 Å². The summed E-state index contributed by atoms with van der Waals surface area (Å²) in [5, 5.41) is 21.8. The molecule has 256 valence electrons. The van der Waals surface area contributed by atoms with Gasteiger partial charge in [0.1, 0.15) is 6.04 Å². The molecule has 3 heterocycles. The number of aliphatic carboxylic acids is 1. The number of nitrogens with one attached hydrogen (secondary N) is 1. The van der Waals surface area contributed by atoms with E-state index in [9.17, 15) is 24.8 Å². The van der Waals surface area contributed by atoms with Crippen molar-refractivity contribution in [2.45, 2.75) is 75.7 Å². The van der Waals surface area contributed by atoms with E-state index in [1.54, 1.807) is 6.07 Å². The van der Waals surface area contributed by atoms with E-state index in [0.29, 0.717) is 16.6 Å². The van der Waals surface area contributed by atoms with Crippen molar-refractivity contribution in [2.24, 2.45) is 11.8 Å². The normalized spacial score (nSPS) is 20.3. The van der Waals surface area contributed by atoms with Crippen LogP contribution in [0.15, 0.2) is 73.1 Å². The summed E-state index contributed by atoms with van der Waals surface area (Å²) in [4.78, 5) is 50.3. The molecule has 2 aliphatic carbocycles. The molecule has 2 amide bonds. The molecule has 10 heteroatoms. The van der Waals surface area contributed by atoms with Gasteiger partial charge in [-0.25, -0.2) is 9.97 Å². The van der Waals surface area contributed by atoms with Crippen LogP contribution in [0.2, 0.25) is 0 Å². The molecule has 0 bridgehead atoms. The van der Waals surface area contributed by atoms with Crippen molar-refractivity contribution in [1.82, 2.24) is 20.2 Å². The molecule has 0 unspecified atom stereocenters. The molecule has 0 radical (unpaired) electrons. The van der Waals surface area contributed by atoms with Crippen LogP contribution in [0.1, 0.15) is 83.5 Å². The molecular formula is C40H41N5O4S. The number of carboxylic acids is 1. The summed E-state index contributed by atoms with van der Waals surface area (Å²) < 4.78 is 0. The van der Waals surface area contributed by atoms with E-state index in [1.165, 1.54) is 53.9 Å². The van der Waals surface area contributed by atoms with Crippen LogP contribution in [0.5, 0.6) is 0 Å². The van der Waals surface area contributed by atoms with Gasteiger partial charge in [-0.1, -0.05) is 61.9 Å². The maximum absolute atomic E-state index is 13.5. The Morgan fingerprint density at radius 1 is 0.940 bits per heavy atom. The second kappa shape index (κ2) is 14.2. The lowest BCUT2D eigenvalue weighted by molar-refractivity contribution is -0.153. The van der Waals surface area contributed by atoms with Gasteiger partial charge in [-0.15, -0.1) is 11.3 Å². The highest BCUT2D eigenvalue weighted by atomic mass is 32.1. The fourth-order valence-corrected chi connectivity index (χ4v) is 8.33. The average Bonchev–Trinajstić information content (AvgIpc) is 3.77. The second-order valence-electron chi connectivity index (χ2n) is 14.1. The third-order valence-corrected chi connectivity index (χ3v) is 12.1. The van der Waals surface area contributed by atoms with Crippen molar-refractivity contribution < 1.29 is 19.5 Å². The lowest BCUT2D eigenvalue weighted by Crippen LogP contribution is -2.59. The smallest absolute Gasteiger partial charge is 0.310 e. The Hall–Kier alpha value is -4.88. The molecule has 3 aliphatic rings. The van der Waals surface area contributed by atoms with Crippen LogP contribution in [-0.2, 0) is 21.4 Å². The minimum Gasteiger partial charge on any atom is -0.481 e. The number of carbonyl (C=O) groups excluding carboxylic acids is 2. The molecule has 2 saturated carbocycles. The lowest BCUT2D eigenvalue weighted by Gasteiger charge is -2.38. The van der Waals surface area contributed by atoms with Crippen molar-refractivity contribution in [3.63, 3.8) is 0 Å². The van der Waals surface area contributed by atoms with E-state index < -0.39 is 23.3 Å². The molecule has 2 N–H and O–H groups in total. The molecule has 1 atom stereocenters. The van der Waals surface area contributed by atoms with Gasteiger partial charge in [0.25, 0.3) is 5.91 Å². The monoisotopic (exact) mass is 687 g/mol. The molecule has 1 saturated heterocycles. The molecule has 9 nitrogen and oxygen atoms in total. The number of hydrogen-bond donors (Lipinski definition) is 2. The number of aromatic nitrogens is 2. The highest BCUT2D eigenvalue weighted by Gasteiger charge is 2.46. The third-order valence-electron chi connectivity index (χ3n) is 10.9. The minimum atomic E-state index is -0.935. The molecule has 0 spiro atoms. The van der Waals surface area contributed by atoms with Crippen molar-refractivity contribution in [1.29, 1.82) is 5.26 Å². The number of amides is 2. The zero-order chi connectivity index (χ0) is 34.8. The standard InChI is InChI=1S/C40H41N5O4S/c1-2-25-3-7-27(8-4-25)28-11-13-29(14-12-28)31-20-42-36(43-21-31)30-9-5-26(6-10-30)19-33(38(47)45-22-32(23-45)39(48)49)44-37(46)34-15-16-35(50-34)40(24-41)17-18-40/h5-6,9-16,20-21,25,27,32-33H,2-4,7-8,17-19,22-23H2,1H3,(H,44,46)(H,48,49)/t25?,27?,33-/m0/s1. The Labute approximate surface area is 296 Å². The summed E-state index contributed by atoms with van der Waals surface area (Å²) in [5.41, 5.74) is 4.62. The van der Waals surface area contributed by atoms with Crippen LogP contribution in [0.4, 0.5) is 0 Å². The summed E-state index contributed by atoms with van der Waals surface area (Å²) >= 11 is 1.28. The number of nitriles is 1. The van der Waals surface area contributed by atoms with E-state index in [0.717, 1.165) is 45.9 Å². The number of rotatable bonds is 11.